The van der Waals surface area contributed by atoms with Gasteiger partial charge in [0.25, 0.3) is 0 Å². The Bertz CT molecular complexity index is 3200. The van der Waals surface area contributed by atoms with Gasteiger partial charge in [0.15, 0.2) is 17.5 Å². The first-order chi connectivity index (χ1) is 29.3. The molecule has 0 amide bonds. The van der Waals surface area contributed by atoms with Gasteiger partial charge in [-0.05, 0) is 83.6 Å². The average molecular weight is 750 g/mol. The molecule has 1 heterocycles. The normalized spacial score (nSPS) is 12.9. The molecule has 0 fully saturated rings. The summed E-state index contributed by atoms with van der Waals surface area (Å²) in [6, 6.07) is 76.2. The Morgan fingerprint density at radius 3 is 1.24 bits per heavy atom. The molecule has 0 N–H and O–H groups in total. The molecular formula is C56H35N3. The molecular weight excluding hydrogens is 715 g/mol. The first-order valence-corrected chi connectivity index (χ1v) is 20.2. The fourth-order valence-electron chi connectivity index (χ4n) is 9.90. The van der Waals surface area contributed by atoms with E-state index in [0.29, 0.717) is 17.5 Å². The van der Waals surface area contributed by atoms with Crippen LogP contribution in [-0.4, -0.2) is 15.0 Å². The van der Waals surface area contributed by atoms with E-state index in [1.165, 1.54) is 61.2 Å². The summed E-state index contributed by atoms with van der Waals surface area (Å²) in [6.45, 7) is 0. The van der Waals surface area contributed by atoms with Crippen molar-refractivity contribution in [2.75, 3.05) is 0 Å². The highest BCUT2D eigenvalue weighted by Gasteiger charge is 2.52. The minimum absolute atomic E-state index is 0.430. The summed E-state index contributed by atoms with van der Waals surface area (Å²) in [6.07, 6.45) is 0. The number of benzene rings is 9. The molecule has 0 bridgehead atoms. The van der Waals surface area contributed by atoms with Gasteiger partial charge in [-0.15, -0.1) is 0 Å². The zero-order chi connectivity index (χ0) is 38.9. The van der Waals surface area contributed by atoms with E-state index in [-0.39, 0.29) is 0 Å². The summed E-state index contributed by atoms with van der Waals surface area (Å²) in [4.78, 5) is 15.5. The van der Waals surface area contributed by atoms with E-state index in [0.717, 1.165) is 33.0 Å². The van der Waals surface area contributed by atoms with Crippen molar-refractivity contribution < 1.29 is 0 Å². The number of aromatic nitrogens is 3. The largest absolute Gasteiger partial charge is 0.208 e. The molecule has 0 aliphatic heterocycles. The number of fused-ring (bicyclic) bond motifs is 11. The molecule has 12 rings (SSSR count). The minimum Gasteiger partial charge on any atom is -0.208 e. The third-order valence-electron chi connectivity index (χ3n) is 12.4. The Hall–Kier alpha value is -7.75. The van der Waals surface area contributed by atoms with Gasteiger partial charge in [-0.1, -0.05) is 206 Å². The zero-order valence-electron chi connectivity index (χ0n) is 32.0. The maximum Gasteiger partial charge on any atom is 0.164 e. The van der Waals surface area contributed by atoms with Gasteiger partial charge in [0.2, 0.25) is 0 Å². The Morgan fingerprint density at radius 2 is 0.627 bits per heavy atom. The van der Waals surface area contributed by atoms with E-state index in [1.807, 2.05) is 18.2 Å². The molecule has 2 aliphatic rings. The van der Waals surface area contributed by atoms with Crippen LogP contribution in [0.1, 0.15) is 22.3 Å². The second-order valence-corrected chi connectivity index (χ2v) is 15.4. The predicted molar refractivity (Wildman–Crippen MR) is 241 cm³/mol. The summed E-state index contributed by atoms with van der Waals surface area (Å²) in [5, 5.41) is 2.26. The van der Waals surface area contributed by atoms with Crippen LogP contribution < -0.4 is 0 Å². The van der Waals surface area contributed by atoms with E-state index >= 15 is 0 Å². The number of hydrogen-bond acceptors (Lipinski definition) is 3. The Morgan fingerprint density at radius 1 is 0.237 bits per heavy atom. The van der Waals surface area contributed by atoms with Crippen LogP contribution in [0.15, 0.2) is 212 Å². The lowest BCUT2D eigenvalue weighted by Crippen LogP contribution is -2.26. The molecule has 2 aliphatic carbocycles. The fraction of sp³-hybridized carbons (Fsp3) is 0.0179. The van der Waals surface area contributed by atoms with Crippen molar-refractivity contribution in [3.05, 3.63) is 235 Å². The molecule has 10 aromatic rings. The lowest BCUT2D eigenvalue weighted by Gasteiger charge is -2.32. The summed E-state index contributed by atoms with van der Waals surface area (Å²) in [5.41, 5.74) is 17.7. The van der Waals surface area contributed by atoms with Crippen molar-refractivity contribution in [3.63, 3.8) is 0 Å². The van der Waals surface area contributed by atoms with Crippen LogP contribution in [0.4, 0.5) is 0 Å². The Balaban J connectivity index is 1.02. The summed E-state index contributed by atoms with van der Waals surface area (Å²) in [5.74, 6) is 1.93. The van der Waals surface area contributed by atoms with Crippen LogP contribution in [0.2, 0.25) is 0 Å². The number of rotatable bonds is 5. The lowest BCUT2D eigenvalue weighted by molar-refractivity contribution is 0.796. The van der Waals surface area contributed by atoms with Crippen LogP contribution in [0.25, 0.3) is 89.4 Å². The van der Waals surface area contributed by atoms with Crippen LogP contribution in [0.5, 0.6) is 0 Å². The van der Waals surface area contributed by atoms with Crippen LogP contribution >= 0.6 is 0 Å². The van der Waals surface area contributed by atoms with Gasteiger partial charge in [0.1, 0.15) is 0 Å². The molecule has 0 unspecified atom stereocenters. The first-order valence-electron chi connectivity index (χ1n) is 20.2. The minimum atomic E-state index is -0.430. The molecule has 3 nitrogen and oxygen atoms in total. The highest BCUT2D eigenvalue weighted by molar-refractivity contribution is 6.04. The maximum atomic E-state index is 5.22. The van der Waals surface area contributed by atoms with E-state index in [2.05, 4.69) is 194 Å². The van der Waals surface area contributed by atoms with Crippen LogP contribution in [-0.2, 0) is 5.41 Å². The zero-order valence-corrected chi connectivity index (χ0v) is 32.0. The van der Waals surface area contributed by atoms with Crippen molar-refractivity contribution >= 4 is 10.8 Å². The molecule has 0 atom stereocenters. The highest BCUT2D eigenvalue weighted by atomic mass is 15.0. The maximum absolute atomic E-state index is 5.22. The summed E-state index contributed by atoms with van der Waals surface area (Å²) >= 11 is 0. The Kier molecular flexibility index (Phi) is 7.45. The van der Waals surface area contributed by atoms with Crippen molar-refractivity contribution in [1.29, 1.82) is 0 Å². The standard InChI is InChI=1S/C56H35N3/c1-3-16-36(17-4-1)40-34-35-48(43-21-8-7-20-42(40)43)55-58-53(38-18-5-2-6-19-38)57-54(59-55)39-32-30-37(31-33-39)41-25-15-26-47-46-24-11-14-29-51(46)56(52(41)47)49-27-12-9-22-44(49)45-23-10-13-28-50(45)56/h1-35H. The molecule has 59 heavy (non-hydrogen) atoms. The van der Waals surface area contributed by atoms with Gasteiger partial charge in [-0.2, -0.15) is 0 Å². The van der Waals surface area contributed by atoms with E-state index in [1.54, 1.807) is 0 Å². The van der Waals surface area contributed by atoms with Gasteiger partial charge >= 0.3 is 0 Å². The number of nitrogens with zero attached hydrogens (tertiary/aromatic N) is 3. The molecule has 3 heteroatoms. The smallest absolute Gasteiger partial charge is 0.164 e. The molecule has 274 valence electrons. The lowest BCUT2D eigenvalue weighted by atomic mass is 9.68. The third-order valence-corrected chi connectivity index (χ3v) is 12.4. The molecule has 0 saturated heterocycles. The average Bonchev–Trinajstić information content (AvgIpc) is 3.79. The monoisotopic (exact) mass is 749 g/mol. The molecule has 9 aromatic carbocycles. The third kappa shape index (κ3) is 4.98. The van der Waals surface area contributed by atoms with Crippen molar-refractivity contribution in [3.8, 4) is 78.7 Å². The topological polar surface area (TPSA) is 38.7 Å². The van der Waals surface area contributed by atoms with E-state index < -0.39 is 5.41 Å². The molecule has 1 spiro atoms. The van der Waals surface area contributed by atoms with Crippen LogP contribution in [0.3, 0.4) is 0 Å². The van der Waals surface area contributed by atoms with Crippen molar-refractivity contribution in [2.45, 2.75) is 5.41 Å². The quantitative estimate of drug-likeness (QED) is 0.176. The van der Waals surface area contributed by atoms with Crippen molar-refractivity contribution in [2.24, 2.45) is 0 Å². The predicted octanol–water partition coefficient (Wildman–Crippen LogP) is 13.7. The number of hydrogen-bond donors (Lipinski definition) is 0. The highest BCUT2D eigenvalue weighted by Crippen LogP contribution is 2.64. The first kappa shape index (κ1) is 33.4. The van der Waals surface area contributed by atoms with Gasteiger partial charge in [-0.3, -0.25) is 0 Å². The second-order valence-electron chi connectivity index (χ2n) is 15.4. The fourth-order valence-corrected chi connectivity index (χ4v) is 9.90. The van der Waals surface area contributed by atoms with E-state index in [9.17, 15) is 0 Å². The summed E-state index contributed by atoms with van der Waals surface area (Å²) < 4.78 is 0. The van der Waals surface area contributed by atoms with Crippen molar-refractivity contribution in [1.82, 2.24) is 15.0 Å². The second kappa shape index (κ2) is 13.2. The van der Waals surface area contributed by atoms with Gasteiger partial charge in [0.05, 0.1) is 5.41 Å². The van der Waals surface area contributed by atoms with Gasteiger partial charge in [-0.25, -0.2) is 15.0 Å². The molecule has 0 radical (unpaired) electrons. The van der Waals surface area contributed by atoms with Gasteiger partial charge in [0, 0.05) is 16.7 Å². The van der Waals surface area contributed by atoms with Gasteiger partial charge < -0.3 is 0 Å². The van der Waals surface area contributed by atoms with Crippen LogP contribution in [0, 0.1) is 0 Å². The Labute approximate surface area is 343 Å². The molecule has 0 saturated carbocycles. The van der Waals surface area contributed by atoms with E-state index in [4.69, 9.17) is 15.0 Å². The summed E-state index contributed by atoms with van der Waals surface area (Å²) in [7, 11) is 0. The molecule has 1 aromatic heterocycles. The SMILES string of the molecule is c1ccc(-c2nc(-c3ccc(-c4cccc5c4C4(c6ccccc6-c6ccccc64)c4ccccc4-5)cc3)nc(-c3ccc(-c4ccccc4)c4ccccc34)n2)cc1.